The predicted molar refractivity (Wildman–Crippen MR) is 95.6 cm³/mol. The van der Waals surface area contributed by atoms with Gasteiger partial charge in [-0.2, -0.15) is 0 Å². The summed E-state index contributed by atoms with van der Waals surface area (Å²) < 4.78 is 10.0. The third-order valence-electron chi connectivity index (χ3n) is 3.53. The van der Waals surface area contributed by atoms with Gasteiger partial charge in [0.1, 0.15) is 5.75 Å². The number of amides is 2. The molecule has 2 rings (SSSR count). The first kappa shape index (κ1) is 18.3. The van der Waals surface area contributed by atoms with E-state index in [0.717, 1.165) is 5.56 Å². The molecule has 0 unspecified atom stereocenters. The molecule has 2 N–H and O–H groups in total. The van der Waals surface area contributed by atoms with Crippen LogP contribution < -0.4 is 15.4 Å². The average molecular weight is 342 g/mol. The van der Waals surface area contributed by atoms with Crippen LogP contribution in [-0.2, 0) is 9.53 Å². The Balaban J connectivity index is 2.04. The van der Waals surface area contributed by atoms with Gasteiger partial charge in [0.2, 0.25) is 5.91 Å². The highest BCUT2D eigenvalue weighted by molar-refractivity contribution is 5.91. The van der Waals surface area contributed by atoms with E-state index >= 15 is 0 Å². The number of methoxy groups -OCH3 is 1. The first-order chi connectivity index (χ1) is 12.1. The first-order valence-corrected chi connectivity index (χ1v) is 8.04. The van der Waals surface area contributed by atoms with Gasteiger partial charge < -0.3 is 20.1 Å². The van der Waals surface area contributed by atoms with Crippen molar-refractivity contribution in [2.75, 3.05) is 19.0 Å². The first-order valence-electron chi connectivity index (χ1n) is 8.04. The number of alkyl carbamates (subject to hydrolysis) is 1. The molecule has 6 heteroatoms. The van der Waals surface area contributed by atoms with E-state index in [9.17, 15) is 9.59 Å². The van der Waals surface area contributed by atoms with Crippen molar-refractivity contribution >= 4 is 17.7 Å². The molecule has 6 nitrogen and oxygen atoms in total. The molecule has 25 heavy (non-hydrogen) atoms. The van der Waals surface area contributed by atoms with Crippen molar-refractivity contribution in [2.24, 2.45) is 0 Å². The molecule has 1 atom stereocenters. The Hall–Kier alpha value is -3.02. The van der Waals surface area contributed by atoms with Crippen molar-refractivity contribution in [3.63, 3.8) is 0 Å². The predicted octanol–water partition coefficient (Wildman–Crippen LogP) is 3.51. The summed E-state index contributed by atoms with van der Waals surface area (Å²) in [5, 5.41) is 5.54. The zero-order valence-corrected chi connectivity index (χ0v) is 14.3. The van der Waals surface area contributed by atoms with Crippen molar-refractivity contribution < 1.29 is 19.1 Å². The number of benzene rings is 2. The summed E-state index contributed by atoms with van der Waals surface area (Å²) in [6, 6.07) is 15.9. The second kappa shape index (κ2) is 9.32. The lowest BCUT2D eigenvalue weighted by atomic mass is 10.0. The standard InChI is InChI=1S/C19H22N2O4/c1-3-25-19(23)21-17(14-7-5-4-6-8-14)13-18(22)20-15-9-11-16(24-2)12-10-15/h4-12,17H,3,13H2,1-2H3,(H,20,22)(H,21,23)/t17-/m0/s1. The van der Waals surface area contributed by atoms with Gasteiger partial charge in [0, 0.05) is 5.69 Å². The molecule has 0 spiro atoms. The summed E-state index contributed by atoms with van der Waals surface area (Å²) >= 11 is 0. The summed E-state index contributed by atoms with van der Waals surface area (Å²) in [7, 11) is 1.58. The third-order valence-corrected chi connectivity index (χ3v) is 3.53. The maximum atomic E-state index is 12.4. The summed E-state index contributed by atoms with van der Waals surface area (Å²) in [4.78, 5) is 24.1. The van der Waals surface area contributed by atoms with Crippen LogP contribution in [0.5, 0.6) is 5.75 Å². The number of carbonyl (C=O) groups is 2. The molecule has 132 valence electrons. The molecule has 0 heterocycles. The van der Waals surface area contributed by atoms with E-state index in [1.807, 2.05) is 30.3 Å². The number of rotatable bonds is 7. The minimum atomic E-state index is -0.548. The van der Waals surface area contributed by atoms with Gasteiger partial charge in [0.15, 0.2) is 0 Å². The van der Waals surface area contributed by atoms with E-state index in [1.165, 1.54) is 0 Å². The summed E-state index contributed by atoms with van der Waals surface area (Å²) in [5.74, 6) is 0.500. The van der Waals surface area contributed by atoms with Crippen LogP contribution in [0.25, 0.3) is 0 Å². The quantitative estimate of drug-likeness (QED) is 0.807. The molecule has 0 radical (unpaired) electrons. The lowest BCUT2D eigenvalue weighted by Gasteiger charge is -2.18. The lowest BCUT2D eigenvalue weighted by molar-refractivity contribution is -0.116. The van der Waals surface area contributed by atoms with E-state index in [1.54, 1.807) is 38.3 Å². The van der Waals surface area contributed by atoms with Gasteiger partial charge in [-0.05, 0) is 36.8 Å². The van der Waals surface area contributed by atoms with Crippen LogP contribution in [0, 0.1) is 0 Å². The lowest BCUT2D eigenvalue weighted by Crippen LogP contribution is -2.32. The molecule has 2 amide bonds. The molecule has 0 aliphatic rings. The zero-order valence-electron chi connectivity index (χ0n) is 14.3. The van der Waals surface area contributed by atoms with Gasteiger partial charge in [-0.1, -0.05) is 30.3 Å². The zero-order chi connectivity index (χ0) is 18.1. The van der Waals surface area contributed by atoms with Crippen LogP contribution in [0.15, 0.2) is 54.6 Å². The SMILES string of the molecule is CCOC(=O)N[C@@H](CC(=O)Nc1ccc(OC)cc1)c1ccccc1. The Morgan fingerprint density at radius 1 is 1.04 bits per heavy atom. The topological polar surface area (TPSA) is 76.7 Å². The van der Waals surface area contributed by atoms with Crippen LogP contribution in [0.4, 0.5) is 10.5 Å². The maximum absolute atomic E-state index is 12.4. The normalized spacial score (nSPS) is 11.3. The second-order valence-corrected chi connectivity index (χ2v) is 5.31. The molecule has 0 bridgehead atoms. The van der Waals surface area contributed by atoms with Gasteiger partial charge in [-0.15, -0.1) is 0 Å². The number of hydrogen-bond donors (Lipinski definition) is 2. The number of anilines is 1. The maximum Gasteiger partial charge on any atom is 0.407 e. The van der Waals surface area contributed by atoms with Crippen molar-refractivity contribution in [3.05, 3.63) is 60.2 Å². The fourth-order valence-electron chi connectivity index (χ4n) is 2.32. The van der Waals surface area contributed by atoms with E-state index in [-0.39, 0.29) is 18.9 Å². The Kier molecular flexibility index (Phi) is 6.83. The van der Waals surface area contributed by atoms with Crippen molar-refractivity contribution in [3.8, 4) is 5.75 Å². The molecule has 0 aliphatic carbocycles. The van der Waals surface area contributed by atoms with Gasteiger partial charge in [0.25, 0.3) is 0 Å². The van der Waals surface area contributed by atoms with Gasteiger partial charge >= 0.3 is 6.09 Å². The van der Waals surface area contributed by atoms with E-state index < -0.39 is 12.1 Å². The Morgan fingerprint density at radius 3 is 2.32 bits per heavy atom. The number of nitrogens with one attached hydrogen (secondary N) is 2. The molecule has 0 aromatic heterocycles. The van der Waals surface area contributed by atoms with Crippen LogP contribution in [0.1, 0.15) is 24.9 Å². The van der Waals surface area contributed by atoms with Crippen LogP contribution in [-0.4, -0.2) is 25.7 Å². The third kappa shape index (κ3) is 5.84. The monoisotopic (exact) mass is 342 g/mol. The average Bonchev–Trinajstić information content (AvgIpc) is 2.63. The van der Waals surface area contributed by atoms with Crippen LogP contribution >= 0.6 is 0 Å². The molecule has 0 fully saturated rings. The van der Waals surface area contributed by atoms with Gasteiger partial charge in [0.05, 0.1) is 26.2 Å². The largest absolute Gasteiger partial charge is 0.497 e. The smallest absolute Gasteiger partial charge is 0.407 e. The fourth-order valence-corrected chi connectivity index (χ4v) is 2.32. The fraction of sp³-hybridized carbons (Fsp3) is 0.263. The molecule has 0 saturated carbocycles. The molecular formula is C19H22N2O4. The minimum absolute atomic E-state index is 0.0921. The second-order valence-electron chi connectivity index (χ2n) is 5.31. The highest BCUT2D eigenvalue weighted by atomic mass is 16.5. The highest BCUT2D eigenvalue weighted by Crippen LogP contribution is 2.19. The van der Waals surface area contributed by atoms with Gasteiger partial charge in [-0.25, -0.2) is 4.79 Å². The number of ether oxygens (including phenoxy) is 2. The molecule has 2 aromatic carbocycles. The molecule has 0 aliphatic heterocycles. The minimum Gasteiger partial charge on any atom is -0.497 e. The van der Waals surface area contributed by atoms with E-state index in [2.05, 4.69) is 10.6 Å². The summed E-state index contributed by atoms with van der Waals surface area (Å²) in [5.41, 5.74) is 1.49. The van der Waals surface area contributed by atoms with E-state index in [4.69, 9.17) is 9.47 Å². The van der Waals surface area contributed by atoms with Gasteiger partial charge in [-0.3, -0.25) is 4.79 Å². The van der Waals surface area contributed by atoms with Crippen molar-refractivity contribution in [2.45, 2.75) is 19.4 Å². The number of hydrogen-bond acceptors (Lipinski definition) is 4. The Morgan fingerprint density at radius 2 is 1.72 bits per heavy atom. The Labute approximate surface area is 147 Å². The van der Waals surface area contributed by atoms with Crippen LogP contribution in [0.3, 0.4) is 0 Å². The van der Waals surface area contributed by atoms with Crippen LogP contribution in [0.2, 0.25) is 0 Å². The summed E-state index contributed by atoms with van der Waals surface area (Å²) in [6.45, 7) is 2.00. The Bertz CT molecular complexity index is 686. The highest BCUT2D eigenvalue weighted by Gasteiger charge is 2.19. The van der Waals surface area contributed by atoms with Crippen molar-refractivity contribution in [1.82, 2.24) is 5.32 Å². The molecule has 2 aromatic rings. The summed E-state index contributed by atoms with van der Waals surface area (Å²) in [6.07, 6.45) is -0.455. The van der Waals surface area contributed by atoms with E-state index in [0.29, 0.717) is 11.4 Å². The molecular weight excluding hydrogens is 320 g/mol. The van der Waals surface area contributed by atoms with Crippen molar-refractivity contribution in [1.29, 1.82) is 0 Å². The number of carbonyl (C=O) groups excluding carboxylic acids is 2. The molecule has 0 saturated heterocycles.